The Balaban J connectivity index is 1.73. The van der Waals surface area contributed by atoms with Crippen molar-refractivity contribution in [2.24, 2.45) is 11.0 Å². The van der Waals surface area contributed by atoms with E-state index >= 15 is 0 Å². The highest BCUT2D eigenvalue weighted by Crippen LogP contribution is 2.36. The minimum Gasteiger partial charge on any atom is -0.598 e. The van der Waals surface area contributed by atoms with Gasteiger partial charge in [0.2, 0.25) is 0 Å². The van der Waals surface area contributed by atoms with E-state index in [4.69, 9.17) is 4.74 Å². The van der Waals surface area contributed by atoms with E-state index in [1.165, 1.54) is 0 Å². The van der Waals surface area contributed by atoms with Crippen molar-refractivity contribution in [3.63, 3.8) is 0 Å². The molecule has 0 aromatic heterocycles. The summed E-state index contributed by atoms with van der Waals surface area (Å²) in [5, 5.41) is 4.10. The van der Waals surface area contributed by atoms with Crippen LogP contribution in [0.1, 0.15) is 45.7 Å². The van der Waals surface area contributed by atoms with Crippen LogP contribution in [0.25, 0.3) is 0 Å². The van der Waals surface area contributed by atoms with Gasteiger partial charge >= 0.3 is 0 Å². The van der Waals surface area contributed by atoms with E-state index in [0.717, 1.165) is 16.9 Å². The van der Waals surface area contributed by atoms with Crippen molar-refractivity contribution in [3.8, 4) is 5.75 Å². The van der Waals surface area contributed by atoms with Crippen LogP contribution in [0.4, 0.5) is 4.39 Å². The van der Waals surface area contributed by atoms with Gasteiger partial charge in [-0.1, -0.05) is 0 Å². The van der Waals surface area contributed by atoms with Gasteiger partial charge in [-0.25, -0.2) is 4.39 Å². The van der Waals surface area contributed by atoms with Crippen molar-refractivity contribution in [3.05, 3.63) is 29.1 Å². The number of rotatable bonds is 5. The largest absolute Gasteiger partial charge is 0.598 e. The molecule has 2 aliphatic rings. The van der Waals surface area contributed by atoms with Crippen LogP contribution in [-0.2, 0) is 24.2 Å². The lowest BCUT2D eigenvalue weighted by Gasteiger charge is -2.28. The molecule has 5 atom stereocenters. The van der Waals surface area contributed by atoms with Gasteiger partial charge in [-0.05, 0) is 58.7 Å². The third-order valence-electron chi connectivity index (χ3n) is 4.95. The molecule has 0 amide bonds. The first-order valence-electron chi connectivity index (χ1n) is 9.10. The van der Waals surface area contributed by atoms with Crippen molar-refractivity contribution < 1.29 is 13.7 Å². The molecule has 1 aromatic carbocycles. The quantitative estimate of drug-likeness (QED) is 0.770. The second kappa shape index (κ2) is 7.37. The molecule has 2 aliphatic heterocycles. The van der Waals surface area contributed by atoms with Crippen LogP contribution in [-0.4, -0.2) is 33.7 Å². The SMILES string of the molecule is C[C@H]1NN=CC1Cc1cc(F)cc2c1OC([C@@H](C)N[S@+]([O-])C(C)(C)C)C2. The second-order valence-corrected chi connectivity index (χ2v) is 10.3. The molecule has 7 heteroatoms. The van der Waals surface area contributed by atoms with Gasteiger partial charge in [0.25, 0.3) is 0 Å². The molecule has 0 saturated carbocycles. The third-order valence-corrected chi connectivity index (χ3v) is 6.64. The lowest BCUT2D eigenvalue weighted by molar-refractivity contribution is 0.196. The molecule has 144 valence electrons. The van der Waals surface area contributed by atoms with Crippen LogP contribution < -0.4 is 14.9 Å². The summed E-state index contributed by atoms with van der Waals surface area (Å²) in [5.41, 5.74) is 4.78. The fourth-order valence-electron chi connectivity index (χ4n) is 3.24. The highest BCUT2D eigenvalue weighted by atomic mass is 32.2. The third kappa shape index (κ3) is 4.15. The summed E-state index contributed by atoms with van der Waals surface area (Å²) in [5.74, 6) is 0.754. The summed E-state index contributed by atoms with van der Waals surface area (Å²) in [4.78, 5) is 0. The van der Waals surface area contributed by atoms with E-state index < -0.39 is 11.4 Å². The van der Waals surface area contributed by atoms with Crippen LogP contribution in [0, 0.1) is 11.7 Å². The van der Waals surface area contributed by atoms with Crippen LogP contribution >= 0.6 is 0 Å². The predicted octanol–water partition coefficient (Wildman–Crippen LogP) is 2.71. The fourth-order valence-corrected chi connectivity index (χ4v) is 4.08. The molecule has 2 N–H and O–H groups in total. The molecule has 0 bridgehead atoms. The first kappa shape index (κ1) is 19.5. The molecule has 26 heavy (non-hydrogen) atoms. The minimum atomic E-state index is -1.18. The average Bonchev–Trinajstić information content (AvgIpc) is 3.13. The van der Waals surface area contributed by atoms with Gasteiger partial charge in [-0.15, -0.1) is 4.72 Å². The van der Waals surface area contributed by atoms with Crippen molar-refractivity contribution in [2.75, 3.05) is 0 Å². The zero-order chi connectivity index (χ0) is 19.1. The molecule has 0 radical (unpaired) electrons. The Morgan fingerprint density at radius 2 is 2.19 bits per heavy atom. The standard InChI is InChI=1S/C19H28FN3O2S/c1-11-15(10-21-22-11)6-13-7-16(20)8-14-9-17(25-18(13)14)12(2)23-26(24)19(3,4)5/h7-8,10-12,15,17,22-23H,6,9H2,1-5H3/t11-,12-,15?,17?,26-/m1/s1. The van der Waals surface area contributed by atoms with Gasteiger partial charge < -0.3 is 14.7 Å². The Morgan fingerprint density at radius 1 is 1.46 bits per heavy atom. The first-order chi connectivity index (χ1) is 12.1. The number of hydrogen-bond acceptors (Lipinski definition) is 5. The van der Waals surface area contributed by atoms with Crippen molar-refractivity contribution in [2.45, 2.75) is 70.4 Å². The van der Waals surface area contributed by atoms with Gasteiger partial charge in [0.1, 0.15) is 22.4 Å². The topological polar surface area (TPSA) is 68.7 Å². The predicted molar refractivity (Wildman–Crippen MR) is 103 cm³/mol. The Morgan fingerprint density at radius 3 is 2.81 bits per heavy atom. The summed E-state index contributed by atoms with van der Waals surface area (Å²) < 4.78 is 35.4. The highest BCUT2D eigenvalue weighted by molar-refractivity contribution is 7.90. The number of ether oxygens (including phenoxy) is 1. The van der Waals surface area contributed by atoms with Gasteiger partial charge in [0.05, 0.1) is 6.04 Å². The van der Waals surface area contributed by atoms with E-state index in [-0.39, 0.29) is 34.7 Å². The van der Waals surface area contributed by atoms with Crippen molar-refractivity contribution in [1.82, 2.24) is 10.1 Å². The maximum absolute atomic E-state index is 14.1. The molecule has 0 spiro atoms. The summed E-state index contributed by atoms with van der Waals surface area (Å²) in [6.07, 6.45) is 3.01. The van der Waals surface area contributed by atoms with Crippen molar-refractivity contribution in [1.29, 1.82) is 0 Å². The molecule has 2 heterocycles. The molecule has 3 rings (SSSR count). The molecule has 2 unspecified atom stereocenters. The number of nitrogens with zero attached hydrogens (tertiary/aromatic N) is 1. The number of halogens is 1. The zero-order valence-electron chi connectivity index (χ0n) is 16.0. The zero-order valence-corrected chi connectivity index (χ0v) is 16.8. The average molecular weight is 382 g/mol. The molecular weight excluding hydrogens is 353 g/mol. The summed E-state index contributed by atoms with van der Waals surface area (Å²) in [6, 6.07) is 3.23. The van der Waals surface area contributed by atoms with E-state index in [0.29, 0.717) is 12.8 Å². The minimum absolute atomic E-state index is 0.105. The van der Waals surface area contributed by atoms with Crippen LogP contribution in [0.15, 0.2) is 17.2 Å². The van der Waals surface area contributed by atoms with Gasteiger partial charge in [-0.3, -0.25) is 0 Å². The molecule has 5 nitrogen and oxygen atoms in total. The lowest BCUT2D eigenvalue weighted by Crippen LogP contribution is -2.49. The fraction of sp³-hybridized carbons (Fsp3) is 0.632. The summed E-state index contributed by atoms with van der Waals surface area (Å²) in [6.45, 7) is 9.82. The van der Waals surface area contributed by atoms with Gasteiger partial charge in [0, 0.05) is 41.5 Å². The van der Waals surface area contributed by atoms with Gasteiger partial charge in [0.15, 0.2) is 0 Å². The van der Waals surface area contributed by atoms with Crippen LogP contribution in [0.2, 0.25) is 0 Å². The summed E-state index contributed by atoms with van der Waals surface area (Å²) >= 11 is -1.18. The van der Waals surface area contributed by atoms with E-state index in [2.05, 4.69) is 22.2 Å². The molecular formula is C19H28FN3O2S. The number of benzene rings is 1. The highest BCUT2D eigenvalue weighted by Gasteiger charge is 2.36. The van der Waals surface area contributed by atoms with E-state index in [1.807, 2.05) is 33.9 Å². The number of hydrogen-bond donors (Lipinski definition) is 2. The number of fused-ring (bicyclic) bond motifs is 1. The Kier molecular flexibility index (Phi) is 5.51. The lowest BCUT2D eigenvalue weighted by atomic mass is 9.93. The van der Waals surface area contributed by atoms with E-state index in [1.54, 1.807) is 12.1 Å². The molecule has 0 fully saturated rings. The first-order valence-corrected chi connectivity index (χ1v) is 10.2. The number of nitrogens with one attached hydrogen (secondary N) is 2. The maximum atomic E-state index is 14.1. The molecule has 1 aromatic rings. The molecule has 0 aliphatic carbocycles. The maximum Gasteiger partial charge on any atom is 0.136 e. The van der Waals surface area contributed by atoms with Crippen molar-refractivity contribution >= 4 is 17.6 Å². The second-order valence-electron chi connectivity index (χ2n) is 8.27. The van der Waals surface area contributed by atoms with Crippen LogP contribution in [0.5, 0.6) is 5.75 Å². The Hall–Kier alpha value is -1.31. The Bertz CT molecular complexity index is 692. The van der Waals surface area contributed by atoms with E-state index in [9.17, 15) is 8.94 Å². The molecule has 0 saturated heterocycles. The number of hydrazone groups is 1. The van der Waals surface area contributed by atoms with Gasteiger partial charge in [-0.2, -0.15) is 5.10 Å². The monoisotopic (exact) mass is 381 g/mol. The normalized spacial score (nSPS) is 27.0. The Labute approximate surface area is 158 Å². The van der Waals surface area contributed by atoms with Crippen LogP contribution in [0.3, 0.4) is 0 Å². The summed E-state index contributed by atoms with van der Waals surface area (Å²) in [7, 11) is 0. The smallest absolute Gasteiger partial charge is 0.136 e.